The van der Waals surface area contributed by atoms with E-state index in [2.05, 4.69) is 31.1 Å². The van der Waals surface area contributed by atoms with Crippen LogP contribution in [0.4, 0.5) is 0 Å². The average molecular weight is 279 g/mol. The third kappa shape index (κ3) is 6.02. The summed E-state index contributed by atoms with van der Waals surface area (Å²) in [6.07, 6.45) is 1.65. The predicted octanol–water partition coefficient (Wildman–Crippen LogP) is 1.83. The number of ether oxygens (including phenoxy) is 1. The van der Waals surface area contributed by atoms with Gasteiger partial charge in [-0.2, -0.15) is 0 Å². The molecule has 0 aromatic carbocycles. The van der Waals surface area contributed by atoms with Crippen LogP contribution >= 0.6 is 0 Å². The van der Waals surface area contributed by atoms with Crippen molar-refractivity contribution in [2.24, 2.45) is 0 Å². The number of hydrogen-bond donors (Lipinski definition) is 1. The second kappa shape index (κ2) is 7.24. The van der Waals surface area contributed by atoms with Gasteiger partial charge in [-0.25, -0.2) is 0 Å². The van der Waals surface area contributed by atoms with Gasteiger partial charge in [0.05, 0.1) is 11.9 Å². The van der Waals surface area contributed by atoms with Crippen LogP contribution in [0.25, 0.3) is 0 Å². The van der Waals surface area contributed by atoms with Gasteiger partial charge in [-0.05, 0) is 39.8 Å². The Morgan fingerprint density at radius 1 is 1.40 bits per heavy atom. The van der Waals surface area contributed by atoms with Gasteiger partial charge in [0, 0.05) is 25.7 Å². The number of hydrogen-bond acceptors (Lipinski definition) is 4. The van der Waals surface area contributed by atoms with E-state index in [0.717, 1.165) is 5.69 Å². The normalized spacial score (nSPS) is 11.2. The maximum Gasteiger partial charge on any atom is 0.260 e. The number of aromatic nitrogens is 1. The fourth-order valence-corrected chi connectivity index (χ4v) is 1.39. The van der Waals surface area contributed by atoms with Crippen LogP contribution in [0.5, 0.6) is 5.75 Å². The maximum absolute atomic E-state index is 11.6. The molecule has 5 nitrogen and oxygen atoms in total. The molecule has 1 heterocycles. The van der Waals surface area contributed by atoms with Crippen LogP contribution in [0.3, 0.4) is 0 Å². The molecule has 0 saturated carbocycles. The van der Waals surface area contributed by atoms with Gasteiger partial charge in [0.15, 0.2) is 6.61 Å². The zero-order valence-corrected chi connectivity index (χ0v) is 13.1. The highest BCUT2D eigenvalue weighted by Gasteiger charge is 2.10. The molecule has 0 radical (unpaired) electrons. The Morgan fingerprint density at radius 3 is 2.60 bits per heavy atom. The first-order valence-corrected chi connectivity index (χ1v) is 6.88. The number of amides is 1. The molecule has 112 valence electrons. The summed E-state index contributed by atoms with van der Waals surface area (Å²) in [5.41, 5.74) is 1.01. The molecule has 0 spiro atoms. The molecule has 0 aliphatic heterocycles. The summed E-state index contributed by atoms with van der Waals surface area (Å²) in [4.78, 5) is 17.5. The molecule has 0 saturated heterocycles. The SMILES string of the molecule is CCN(C)C(=O)COc1ccc(CNC(C)(C)C)nc1. The van der Waals surface area contributed by atoms with Gasteiger partial charge >= 0.3 is 0 Å². The van der Waals surface area contributed by atoms with Crippen molar-refractivity contribution in [2.45, 2.75) is 39.8 Å². The maximum atomic E-state index is 11.6. The monoisotopic (exact) mass is 279 g/mol. The number of nitrogens with one attached hydrogen (secondary N) is 1. The van der Waals surface area contributed by atoms with Crippen molar-refractivity contribution in [3.8, 4) is 5.75 Å². The molecule has 0 aliphatic carbocycles. The summed E-state index contributed by atoms with van der Waals surface area (Å²) in [6, 6.07) is 3.74. The van der Waals surface area contributed by atoms with Crippen LogP contribution in [0.2, 0.25) is 0 Å². The van der Waals surface area contributed by atoms with Gasteiger partial charge in [-0.1, -0.05) is 0 Å². The molecule has 0 fully saturated rings. The fourth-order valence-electron chi connectivity index (χ4n) is 1.39. The first-order chi connectivity index (χ1) is 9.31. The van der Waals surface area contributed by atoms with Crippen molar-refractivity contribution < 1.29 is 9.53 Å². The zero-order valence-electron chi connectivity index (χ0n) is 13.1. The van der Waals surface area contributed by atoms with Crippen molar-refractivity contribution in [3.63, 3.8) is 0 Å². The highest BCUT2D eigenvalue weighted by molar-refractivity contribution is 5.77. The molecule has 0 aliphatic rings. The standard InChI is InChI=1S/C15H25N3O2/c1-6-18(5)14(19)11-20-13-8-7-12(16-10-13)9-17-15(2,3)4/h7-8,10,17H,6,9,11H2,1-5H3. The van der Waals surface area contributed by atoms with Crippen molar-refractivity contribution in [3.05, 3.63) is 24.0 Å². The Kier molecular flexibility index (Phi) is 5.95. The van der Waals surface area contributed by atoms with Crippen LogP contribution < -0.4 is 10.1 Å². The third-order valence-corrected chi connectivity index (χ3v) is 2.86. The minimum absolute atomic E-state index is 0.0361. The number of nitrogens with zero attached hydrogens (tertiary/aromatic N) is 2. The lowest BCUT2D eigenvalue weighted by Gasteiger charge is -2.20. The number of rotatable bonds is 6. The summed E-state index contributed by atoms with van der Waals surface area (Å²) in [7, 11) is 1.76. The number of pyridine rings is 1. The Morgan fingerprint density at radius 2 is 2.10 bits per heavy atom. The van der Waals surface area contributed by atoms with E-state index in [-0.39, 0.29) is 18.1 Å². The Bertz CT molecular complexity index is 424. The Balaban J connectivity index is 2.45. The molecule has 5 heteroatoms. The van der Waals surface area contributed by atoms with Crippen LogP contribution in [0.15, 0.2) is 18.3 Å². The van der Waals surface area contributed by atoms with Crippen molar-refractivity contribution in [1.29, 1.82) is 0 Å². The highest BCUT2D eigenvalue weighted by Crippen LogP contribution is 2.10. The molecule has 0 atom stereocenters. The second-order valence-electron chi connectivity index (χ2n) is 5.79. The lowest BCUT2D eigenvalue weighted by molar-refractivity contribution is -0.131. The molecule has 1 amide bonds. The molecule has 1 aromatic heterocycles. The van der Waals surface area contributed by atoms with Gasteiger partial charge in [0.1, 0.15) is 5.75 Å². The van der Waals surface area contributed by atoms with Crippen LogP contribution in [0, 0.1) is 0 Å². The predicted molar refractivity (Wildman–Crippen MR) is 79.6 cm³/mol. The Labute approximate surface area is 121 Å². The smallest absolute Gasteiger partial charge is 0.260 e. The third-order valence-electron chi connectivity index (χ3n) is 2.86. The lowest BCUT2D eigenvalue weighted by atomic mass is 10.1. The number of likely N-dealkylation sites (N-methyl/N-ethyl adjacent to an activating group) is 1. The number of carbonyl (C=O) groups excluding carboxylic acids is 1. The zero-order chi connectivity index (χ0) is 15.2. The second-order valence-corrected chi connectivity index (χ2v) is 5.79. The topological polar surface area (TPSA) is 54.5 Å². The summed E-state index contributed by atoms with van der Waals surface area (Å²) in [6.45, 7) is 9.70. The minimum Gasteiger partial charge on any atom is -0.482 e. The van der Waals surface area contributed by atoms with Gasteiger partial charge in [0.25, 0.3) is 5.91 Å². The lowest BCUT2D eigenvalue weighted by Crippen LogP contribution is -2.35. The van der Waals surface area contributed by atoms with Crippen molar-refractivity contribution in [1.82, 2.24) is 15.2 Å². The van der Waals surface area contributed by atoms with Crippen molar-refractivity contribution >= 4 is 5.91 Å². The van der Waals surface area contributed by atoms with E-state index in [0.29, 0.717) is 18.8 Å². The molecule has 1 aromatic rings. The molecular formula is C15H25N3O2. The first kappa shape index (κ1) is 16.4. The summed E-state index contributed by atoms with van der Waals surface area (Å²) >= 11 is 0. The van der Waals surface area contributed by atoms with E-state index in [1.54, 1.807) is 18.1 Å². The first-order valence-electron chi connectivity index (χ1n) is 6.88. The van der Waals surface area contributed by atoms with E-state index in [4.69, 9.17) is 4.74 Å². The van der Waals surface area contributed by atoms with E-state index in [9.17, 15) is 4.79 Å². The van der Waals surface area contributed by atoms with Crippen LogP contribution in [-0.2, 0) is 11.3 Å². The quantitative estimate of drug-likeness (QED) is 0.863. The summed E-state index contributed by atoms with van der Waals surface area (Å²) in [5.74, 6) is 0.577. The minimum atomic E-state index is -0.0361. The molecule has 1 N–H and O–H groups in total. The average Bonchev–Trinajstić information content (AvgIpc) is 2.41. The van der Waals surface area contributed by atoms with Gasteiger partial charge < -0.3 is 15.0 Å². The molecule has 0 bridgehead atoms. The fraction of sp³-hybridized carbons (Fsp3) is 0.600. The molecule has 20 heavy (non-hydrogen) atoms. The van der Waals surface area contributed by atoms with Crippen LogP contribution in [-0.4, -0.2) is 41.5 Å². The van der Waals surface area contributed by atoms with Gasteiger partial charge in [-0.3, -0.25) is 9.78 Å². The van der Waals surface area contributed by atoms with Crippen LogP contribution in [0.1, 0.15) is 33.4 Å². The Hall–Kier alpha value is -1.62. The largest absolute Gasteiger partial charge is 0.482 e. The van der Waals surface area contributed by atoms with Gasteiger partial charge in [0.2, 0.25) is 0 Å². The summed E-state index contributed by atoms with van der Waals surface area (Å²) in [5, 5.41) is 3.37. The molecule has 1 rings (SSSR count). The molecule has 0 unspecified atom stereocenters. The van der Waals surface area contributed by atoms with E-state index < -0.39 is 0 Å². The number of carbonyl (C=O) groups is 1. The highest BCUT2D eigenvalue weighted by atomic mass is 16.5. The van der Waals surface area contributed by atoms with Gasteiger partial charge in [-0.15, -0.1) is 0 Å². The van der Waals surface area contributed by atoms with Crippen molar-refractivity contribution in [2.75, 3.05) is 20.2 Å². The van der Waals surface area contributed by atoms with E-state index in [1.165, 1.54) is 0 Å². The molecular weight excluding hydrogens is 254 g/mol. The summed E-state index contributed by atoms with van der Waals surface area (Å²) < 4.78 is 5.42. The van der Waals surface area contributed by atoms with E-state index >= 15 is 0 Å². The van der Waals surface area contributed by atoms with E-state index in [1.807, 2.05) is 19.1 Å².